The average molecular weight is 441 g/mol. The highest BCUT2D eigenvalue weighted by molar-refractivity contribution is 5.78. The number of para-hydroxylation sites is 1. The summed E-state index contributed by atoms with van der Waals surface area (Å²) < 4.78 is 1.75. The highest BCUT2D eigenvalue weighted by Gasteiger charge is 2.29. The third-order valence-corrected chi connectivity index (χ3v) is 6.71. The fraction of sp³-hybridized carbons (Fsp3) is 0.654. The SMILES string of the molecule is CCCCCCN(C(=O)NC1CCCCC1)C(CC)c1nc2ccccc2c(=O)n1CC. The molecule has 1 fully saturated rings. The monoisotopic (exact) mass is 440 g/mol. The number of hydrogen-bond acceptors (Lipinski definition) is 3. The fourth-order valence-corrected chi connectivity index (χ4v) is 4.90. The molecule has 3 rings (SSSR count). The molecular formula is C26H40N4O2. The van der Waals surface area contributed by atoms with Crippen molar-refractivity contribution in [1.29, 1.82) is 0 Å². The van der Waals surface area contributed by atoms with E-state index in [4.69, 9.17) is 4.98 Å². The Hall–Kier alpha value is -2.37. The number of amides is 2. The Balaban J connectivity index is 1.95. The first-order valence-corrected chi connectivity index (χ1v) is 12.7. The van der Waals surface area contributed by atoms with Crippen molar-refractivity contribution in [2.75, 3.05) is 6.54 Å². The van der Waals surface area contributed by atoms with Crippen molar-refractivity contribution in [2.24, 2.45) is 0 Å². The fourth-order valence-electron chi connectivity index (χ4n) is 4.90. The van der Waals surface area contributed by atoms with E-state index in [2.05, 4.69) is 19.2 Å². The number of hydrogen-bond donors (Lipinski definition) is 1. The predicted octanol–water partition coefficient (Wildman–Crippen LogP) is 5.79. The molecule has 1 atom stereocenters. The van der Waals surface area contributed by atoms with Gasteiger partial charge in [-0.3, -0.25) is 9.36 Å². The van der Waals surface area contributed by atoms with Gasteiger partial charge in [-0.1, -0.05) is 64.5 Å². The second-order valence-corrected chi connectivity index (χ2v) is 9.00. The zero-order valence-corrected chi connectivity index (χ0v) is 20.1. The van der Waals surface area contributed by atoms with Gasteiger partial charge >= 0.3 is 6.03 Å². The molecule has 1 saturated carbocycles. The minimum atomic E-state index is -0.225. The lowest BCUT2D eigenvalue weighted by molar-refractivity contribution is 0.159. The topological polar surface area (TPSA) is 67.2 Å². The van der Waals surface area contributed by atoms with Crippen molar-refractivity contribution in [1.82, 2.24) is 19.8 Å². The summed E-state index contributed by atoms with van der Waals surface area (Å²) in [5.74, 6) is 0.702. The van der Waals surface area contributed by atoms with Crippen LogP contribution in [-0.4, -0.2) is 33.1 Å². The van der Waals surface area contributed by atoms with Gasteiger partial charge in [-0.25, -0.2) is 9.78 Å². The molecular weight excluding hydrogens is 400 g/mol. The Labute approximate surface area is 192 Å². The van der Waals surface area contributed by atoms with Crippen molar-refractivity contribution < 1.29 is 4.79 Å². The molecule has 2 aromatic rings. The molecule has 6 heteroatoms. The molecule has 0 spiro atoms. The van der Waals surface area contributed by atoms with Crippen LogP contribution in [0.4, 0.5) is 4.79 Å². The molecule has 0 bridgehead atoms. The smallest absolute Gasteiger partial charge is 0.318 e. The van der Waals surface area contributed by atoms with Crippen LogP contribution >= 0.6 is 0 Å². The van der Waals surface area contributed by atoms with E-state index in [0.29, 0.717) is 29.8 Å². The Morgan fingerprint density at radius 1 is 1.12 bits per heavy atom. The Morgan fingerprint density at radius 3 is 2.56 bits per heavy atom. The maximum atomic E-state index is 13.5. The van der Waals surface area contributed by atoms with Crippen molar-refractivity contribution >= 4 is 16.9 Å². The third-order valence-electron chi connectivity index (χ3n) is 6.71. The molecule has 1 aliphatic carbocycles. The van der Waals surface area contributed by atoms with Crippen molar-refractivity contribution in [3.05, 3.63) is 40.4 Å². The van der Waals surface area contributed by atoms with Crippen LogP contribution in [-0.2, 0) is 6.54 Å². The number of fused-ring (bicyclic) bond motifs is 1. The van der Waals surface area contributed by atoms with Crippen LogP contribution in [0.5, 0.6) is 0 Å². The molecule has 1 heterocycles. The molecule has 1 N–H and O–H groups in total. The van der Waals surface area contributed by atoms with Gasteiger partial charge in [0.15, 0.2) is 0 Å². The van der Waals surface area contributed by atoms with Crippen LogP contribution in [0.1, 0.15) is 96.8 Å². The van der Waals surface area contributed by atoms with Gasteiger partial charge in [0.1, 0.15) is 5.82 Å². The Kier molecular flexibility index (Phi) is 9.12. The van der Waals surface area contributed by atoms with Crippen LogP contribution < -0.4 is 10.9 Å². The molecule has 2 amide bonds. The van der Waals surface area contributed by atoms with Gasteiger partial charge in [-0.2, -0.15) is 0 Å². The number of benzene rings is 1. The molecule has 32 heavy (non-hydrogen) atoms. The molecule has 6 nitrogen and oxygen atoms in total. The Morgan fingerprint density at radius 2 is 1.88 bits per heavy atom. The van der Waals surface area contributed by atoms with Gasteiger partial charge in [0.2, 0.25) is 0 Å². The zero-order chi connectivity index (χ0) is 22.9. The number of nitrogens with one attached hydrogen (secondary N) is 1. The average Bonchev–Trinajstić information content (AvgIpc) is 2.82. The van der Waals surface area contributed by atoms with Crippen molar-refractivity contribution in [3.8, 4) is 0 Å². The lowest BCUT2D eigenvalue weighted by Crippen LogP contribution is -2.48. The minimum Gasteiger partial charge on any atom is -0.335 e. The van der Waals surface area contributed by atoms with E-state index in [1.165, 1.54) is 25.7 Å². The van der Waals surface area contributed by atoms with E-state index in [1.54, 1.807) is 4.57 Å². The second kappa shape index (κ2) is 12.0. The lowest BCUT2D eigenvalue weighted by atomic mass is 9.95. The first-order chi connectivity index (χ1) is 15.6. The van der Waals surface area contributed by atoms with E-state index in [9.17, 15) is 9.59 Å². The summed E-state index contributed by atoms with van der Waals surface area (Å²) in [6, 6.07) is 7.53. The number of urea groups is 1. The van der Waals surface area contributed by atoms with E-state index < -0.39 is 0 Å². The number of aromatic nitrogens is 2. The van der Waals surface area contributed by atoms with Gasteiger partial charge < -0.3 is 10.2 Å². The molecule has 0 aliphatic heterocycles. The van der Waals surface area contributed by atoms with E-state index in [0.717, 1.165) is 38.5 Å². The van der Waals surface area contributed by atoms with Crippen molar-refractivity contribution in [2.45, 2.75) is 104 Å². The van der Waals surface area contributed by atoms with Crippen LogP contribution in [0.2, 0.25) is 0 Å². The zero-order valence-electron chi connectivity index (χ0n) is 20.1. The summed E-state index contributed by atoms with van der Waals surface area (Å²) in [6.45, 7) is 7.47. The number of rotatable bonds is 10. The summed E-state index contributed by atoms with van der Waals surface area (Å²) in [4.78, 5) is 33.6. The van der Waals surface area contributed by atoms with Gasteiger partial charge in [-0.15, -0.1) is 0 Å². The maximum Gasteiger partial charge on any atom is 0.318 e. The number of carbonyl (C=O) groups is 1. The van der Waals surface area contributed by atoms with Gasteiger partial charge in [0, 0.05) is 19.1 Å². The van der Waals surface area contributed by atoms with Crippen LogP contribution in [0.3, 0.4) is 0 Å². The largest absolute Gasteiger partial charge is 0.335 e. The quantitative estimate of drug-likeness (QED) is 0.475. The van der Waals surface area contributed by atoms with E-state index in [1.807, 2.05) is 36.1 Å². The first kappa shape index (κ1) is 24.3. The molecule has 1 aromatic heterocycles. The lowest BCUT2D eigenvalue weighted by Gasteiger charge is -2.34. The summed E-state index contributed by atoms with van der Waals surface area (Å²) in [7, 11) is 0. The van der Waals surface area contributed by atoms with Gasteiger partial charge in [-0.05, 0) is 44.7 Å². The molecule has 1 aliphatic rings. The number of nitrogens with zero attached hydrogens (tertiary/aromatic N) is 3. The van der Waals surface area contributed by atoms with Crippen LogP contribution in [0, 0.1) is 0 Å². The van der Waals surface area contributed by atoms with Crippen LogP contribution in [0.25, 0.3) is 10.9 Å². The highest BCUT2D eigenvalue weighted by Crippen LogP contribution is 2.26. The second-order valence-electron chi connectivity index (χ2n) is 9.00. The number of carbonyl (C=O) groups excluding carboxylic acids is 1. The minimum absolute atomic E-state index is 0.00897. The first-order valence-electron chi connectivity index (χ1n) is 12.7. The van der Waals surface area contributed by atoms with Gasteiger partial charge in [0.05, 0.1) is 16.9 Å². The standard InChI is InChI=1S/C26H40N4O2/c1-4-7-8-14-19-30(26(32)27-20-15-10-9-11-16-20)23(5-2)24-28-22-18-13-12-17-21(22)25(31)29(24)6-3/h12-13,17-18,20,23H,4-11,14-16,19H2,1-3H3,(H,27,32). The van der Waals surface area contributed by atoms with Gasteiger partial charge in [0.25, 0.3) is 5.56 Å². The van der Waals surface area contributed by atoms with E-state index >= 15 is 0 Å². The summed E-state index contributed by atoms with van der Waals surface area (Å²) >= 11 is 0. The molecule has 1 unspecified atom stereocenters. The summed E-state index contributed by atoms with van der Waals surface area (Å²) in [5.41, 5.74) is 0.680. The summed E-state index contributed by atoms with van der Waals surface area (Å²) in [6.07, 6.45) is 10.8. The number of unbranched alkanes of at least 4 members (excludes halogenated alkanes) is 3. The summed E-state index contributed by atoms with van der Waals surface area (Å²) in [5, 5.41) is 3.94. The van der Waals surface area contributed by atoms with Crippen LogP contribution in [0.15, 0.2) is 29.1 Å². The maximum absolute atomic E-state index is 13.5. The normalized spacial score (nSPS) is 15.6. The Bertz CT molecular complexity index is 933. The molecule has 176 valence electrons. The molecule has 0 radical (unpaired) electrons. The predicted molar refractivity (Wildman–Crippen MR) is 131 cm³/mol. The highest BCUT2D eigenvalue weighted by atomic mass is 16.2. The van der Waals surface area contributed by atoms with Crippen molar-refractivity contribution in [3.63, 3.8) is 0 Å². The third kappa shape index (κ3) is 5.70. The molecule has 1 aromatic carbocycles. The van der Waals surface area contributed by atoms with E-state index in [-0.39, 0.29) is 23.7 Å². The molecule has 0 saturated heterocycles.